The largest absolute Gasteiger partial charge is 0.494 e. The number of benzene rings is 2. The van der Waals surface area contributed by atoms with Gasteiger partial charge in [-0.15, -0.1) is 0 Å². The molecule has 0 N–H and O–H groups in total. The minimum Gasteiger partial charge on any atom is -0.494 e. The Labute approximate surface area is 161 Å². The van der Waals surface area contributed by atoms with Gasteiger partial charge in [-0.25, -0.2) is 8.42 Å². The van der Waals surface area contributed by atoms with E-state index in [0.29, 0.717) is 17.0 Å². The number of aryl methyl sites for hydroxylation is 1. The minimum absolute atomic E-state index is 0.0569. The van der Waals surface area contributed by atoms with Crippen LogP contribution in [0.4, 0.5) is 0 Å². The molecule has 0 amide bonds. The number of ether oxygens (including phenoxy) is 1. The van der Waals surface area contributed by atoms with Crippen LogP contribution < -0.4 is 0 Å². The first-order chi connectivity index (χ1) is 13.1. The van der Waals surface area contributed by atoms with Crippen LogP contribution in [0.2, 0.25) is 0 Å². The molecule has 1 heterocycles. The molecule has 2 atom stereocenters. The maximum absolute atomic E-state index is 13.6. The van der Waals surface area contributed by atoms with Gasteiger partial charge in [0.05, 0.1) is 16.6 Å². The van der Waals surface area contributed by atoms with E-state index in [9.17, 15) is 8.42 Å². The highest BCUT2D eigenvalue weighted by atomic mass is 32.2. The van der Waals surface area contributed by atoms with Crippen LogP contribution in [0.15, 0.2) is 71.5 Å². The molecule has 27 heavy (non-hydrogen) atoms. The molecule has 1 saturated carbocycles. The summed E-state index contributed by atoms with van der Waals surface area (Å²) in [5.74, 6) is 0. The normalized spacial score (nSPS) is 22.6. The smallest absolute Gasteiger partial charge is 0.264 e. The van der Waals surface area contributed by atoms with Gasteiger partial charge in [-0.2, -0.15) is 0 Å². The van der Waals surface area contributed by atoms with Gasteiger partial charge in [0, 0.05) is 6.42 Å². The SMILES string of the molecule is Cc1ccc(S(=O)(=O)N2C(Cc3ccccc3)=COC3CCCC[C@@H]32)cc1. The second-order valence-corrected chi connectivity index (χ2v) is 9.23. The van der Waals surface area contributed by atoms with E-state index >= 15 is 0 Å². The summed E-state index contributed by atoms with van der Waals surface area (Å²) < 4.78 is 34.8. The van der Waals surface area contributed by atoms with E-state index < -0.39 is 10.0 Å². The summed E-state index contributed by atoms with van der Waals surface area (Å²) in [7, 11) is -3.63. The quantitative estimate of drug-likeness (QED) is 0.786. The number of sulfonamides is 1. The summed E-state index contributed by atoms with van der Waals surface area (Å²) in [6.45, 7) is 1.96. The van der Waals surface area contributed by atoms with Crippen molar-refractivity contribution in [3.8, 4) is 0 Å². The summed E-state index contributed by atoms with van der Waals surface area (Å²) >= 11 is 0. The van der Waals surface area contributed by atoms with Crippen molar-refractivity contribution in [3.63, 3.8) is 0 Å². The maximum Gasteiger partial charge on any atom is 0.264 e. The molecule has 4 rings (SSSR count). The number of hydrogen-bond donors (Lipinski definition) is 0. The summed E-state index contributed by atoms with van der Waals surface area (Å²) in [5, 5.41) is 0. The lowest BCUT2D eigenvalue weighted by molar-refractivity contribution is 0.0239. The Morgan fingerprint density at radius 2 is 1.70 bits per heavy atom. The Balaban J connectivity index is 1.74. The molecule has 0 radical (unpaired) electrons. The molecule has 1 aliphatic heterocycles. The minimum atomic E-state index is -3.63. The maximum atomic E-state index is 13.6. The predicted octanol–water partition coefficient (Wildman–Crippen LogP) is 4.41. The molecule has 2 aliphatic rings. The summed E-state index contributed by atoms with van der Waals surface area (Å²) in [6, 6.07) is 16.9. The standard InChI is InChI=1S/C22H25NO3S/c1-17-11-13-20(14-12-17)27(24,25)23-19(15-18-7-3-2-4-8-18)16-26-22-10-6-5-9-21(22)23/h2-4,7-8,11-14,16,21-22H,5-6,9-10,15H2,1H3/t21-,22?/m0/s1. The fraction of sp³-hybridized carbons (Fsp3) is 0.364. The average Bonchev–Trinajstić information content (AvgIpc) is 2.69. The van der Waals surface area contributed by atoms with E-state index in [1.807, 2.05) is 49.4 Å². The van der Waals surface area contributed by atoms with Gasteiger partial charge in [0.1, 0.15) is 12.4 Å². The van der Waals surface area contributed by atoms with Gasteiger partial charge in [-0.1, -0.05) is 54.4 Å². The number of nitrogens with zero attached hydrogens (tertiary/aromatic N) is 1. The highest BCUT2D eigenvalue weighted by molar-refractivity contribution is 7.89. The van der Waals surface area contributed by atoms with Crippen molar-refractivity contribution in [2.24, 2.45) is 0 Å². The van der Waals surface area contributed by atoms with Gasteiger partial charge < -0.3 is 4.74 Å². The molecule has 4 nitrogen and oxygen atoms in total. The fourth-order valence-electron chi connectivity index (χ4n) is 4.02. The number of rotatable bonds is 4. The lowest BCUT2D eigenvalue weighted by atomic mass is 9.91. The first-order valence-corrected chi connectivity index (χ1v) is 11.0. The van der Waals surface area contributed by atoms with Crippen molar-refractivity contribution in [3.05, 3.63) is 77.7 Å². The molecule has 0 aromatic heterocycles. The third-order valence-electron chi connectivity index (χ3n) is 5.44. The molecule has 0 spiro atoms. The van der Waals surface area contributed by atoms with Crippen LogP contribution in [0.5, 0.6) is 0 Å². The Morgan fingerprint density at radius 3 is 2.44 bits per heavy atom. The van der Waals surface area contributed by atoms with E-state index in [1.165, 1.54) is 0 Å². The van der Waals surface area contributed by atoms with Crippen LogP contribution in [-0.2, 0) is 21.2 Å². The van der Waals surface area contributed by atoms with Gasteiger partial charge in [0.15, 0.2) is 0 Å². The van der Waals surface area contributed by atoms with Gasteiger partial charge >= 0.3 is 0 Å². The van der Waals surface area contributed by atoms with E-state index in [0.717, 1.165) is 36.8 Å². The lowest BCUT2D eigenvalue weighted by Crippen LogP contribution is -2.51. The number of allylic oxidation sites excluding steroid dienone is 1. The van der Waals surface area contributed by atoms with E-state index in [4.69, 9.17) is 4.74 Å². The monoisotopic (exact) mass is 383 g/mol. The summed E-state index contributed by atoms with van der Waals surface area (Å²) in [4.78, 5) is 0.346. The third kappa shape index (κ3) is 3.61. The topological polar surface area (TPSA) is 46.6 Å². The van der Waals surface area contributed by atoms with Gasteiger partial charge in [-0.05, 0) is 43.9 Å². The van der Waals surface area contributed by atoms with Gasteiger partial charge in [-0.3, -0.25) is 4.31 Å². The van der Waals surface area contributed by atoms with Gasteiger partial charge in [0.25, 0.3) is 10.0 Å². The van der Waals surface area contributed by atoms with Crippen LogP contribution in [0.1, 0.15) is 36.8 Å². The fourth-order valence-corrected chi connectivity index (χ4v) is 5.74. The van der Waals surface area contributed by atoms with Crippen molar-refractivity contribution in [1.29, 1.82) is 0 Å². The number of fused-ring (bicyclic) bond motifs is 1. The van der Waals surface area contributed by atoms with E-state index in [1.54, 1.807) is 22.7 Å². The molecule has 1 aliphatic carbocycles. The summed E-state index contributed by atoms with van der Waals surface area (Å²) in [5.41, 5.74) is 2.84. The molecular weight excluding hydrogens is 358 g/mol. The van der Waals surface area contributed by atoms with Crippen molar-refractivity contribution in [2.45, 2.75) is 56.1 Å². The zero-order valence-corrected chi connectivity index (χ0v) is 16.4. The first-order valence-electron chi connectivity index (χ1n) is 9.55. The second kappa shape index (κ2) is 7.39. The first kappa shape index (κ1) is 18.1. The molecule has 1 fully saturated rings. The molecule has 0 bridgehead atoms. The second-order valence-electron chi connectivity index (χ2n) is 7.41. The van der Waals surface area contributed by atoms with Gasteiger partial charge in [0.2, 0.25) is 0 Å². The van der Waals surface area contributed by atoms with E-state index in [-0.39, 0.29) is 12.1 Å². The van der Waals surface area contributed by atoms with Crippen LogP contribution >= 0.6 is 0 Å². The summed E-state index contributed by atoms with van der Waals surface area (Å²) in [6.07, 6.45) is 6.01. The predicted molar refractivity (Wildman–Crippen MR) is 106 cm³/mol. The molecule has 0 saturated heterocycles. The average molecular weight is 384 g/mol. The van der Waals surface area contributed by atoms with Crippen LogP contribution in [-0.4, -0.2) is 24.9 Å². The van der Waals surface area contributed by atoms with Crippen molar-refractivity contribution < 1.29 is 13.2 Å². The molecule has 2 aromatic rings. The van der Waals surface area contributed by atoms with Crippen LogP contribution in [0.3, 0.4) is 0 Å². The molecular formula is C22H25NO3S. The Bertz CT molecular complexity index is 920. The van der Waals surface area contributed by atoms with Crippen LogP contribution in [0, 0.1) is 6.92 Å². The van der Waals surface area contributed by atoms with Crippen molar-refractivity contribution in [2.75, 3.05) is 0 Å². The van der Waals surface area contributed by atoms with Crippen molar-refractivity contribution in [1.82, 2.24) is 4.31 Å². The van der Waals surface area contributed by atoms with E-state index in [2.05, 4.69) is 0 Å². The molecule has 2 aromatic carbocycles. The van der Waals surface area contributed by atoms with Crippen LogP contribution in [0.25, 0.3) is 0 Å². The molecule has 5 heteroatoms. The zero-order valence-electron chi connectivity index (χ0n) is 15.5. The molecule has 142 valence electrons. The Morgan fingerprint density at radius 1 is 1.00 bits per heavy atom. The number of hydrogen-bond acceptors (Lipinski definition) is 3. The van der Waals surface area contributed by atoms with Crippen molar-refractivity contribution >= 4 is 10.0 Å². The Kier molecular flexibility index (Phi) is 4.96. The zero-order chi connectivity index (χ0) is 18.9. The third-order valence-corrected chi connectivity index (χ3v) is 7.33. The highest BCUT2D eigenvalue weighted by Crippen LogP contribution is 2.37. The highest BCUT2D eigenvalue weighted by Gasteiger charge is 2.42. The Hall–Kier alpha value is -2.27. The lowest BCUT2D eigenvalue weighted by Gasteiger charge is -2.43. The molecule has 1 unspecified atom stereocenters.